The molecule has 0 aliphatic carbocycles. The number of halogens is 1. The van der Waals surface area contributed by atoms with E-state index in [0.29, 0.717) is 17.9 Å². The molecule has 1 aromatic carbocycles. The minimum absolute atomic E-state index is 0.141. The van der Waals surface area contributed by atoms with Crippen LogP contribution in [0.5, 0.6) is 0 Å². The lowest BCUT2D eigenvalue weighted by atomic mass is 9.91. The molecule has 8 heteroatoms. The first-order valence-electron chi connectivity index (χ1n) is 11.0. The molecule has 0 atom stereocenters. The number of thioether (sulfide) groups is 1. The lowest BCUT2D eigenvalue weighted by Gasteiger charge is -2.31. The lowest BCUT2D eigenvalue weighted by Crippen LogP contribution is -2.34. The standard InChI is InChI=1S/C23H26FN3O2S2/c24-16-5-6-17-19(13-16)29-26-23(17)15-7-10-27(11-8-15)9-2-12-30-22-14-18-20(31-22)3-1-4-21(28)25-18/h5-6,13-15H,1-4,7-12H2,(H,25,28). The molecular weight excluding hydrogens is 433 g/mol. The summed E-state index contributed by atoms with van der Waals surface area (Å²) < 4.78 is 20.0. The summed E-state index contributed by atoms with van der Waals surface area (Å²) in [6.45, 7) is 3.22. The Kier molecular flexibility index (Phi) is 6.29. The van der Waals surface area contributed by atoms with E-state index in [4.69, 9.17) is 4.52 Å². The largest absolute Gasteiger partial charge is 0.356 e. The fourth-order valence-electron chi connectivity index (χ4n) is 4.51. The van der Waals surface area contributed by atoms with E-state index < -0.39 is 0 Å². The van der Waals surface area contributed by atoms with Crippen LogP contribution < -0.4 is 5.32 Å². The van der Waals surface area contributed by atoms with Gasteiger partial charge in [0.25, 0.3) is 0 Å². The van der Waals surface area contributed by atoms with Crippen LogP contribution in [-0.2, 0) is 11.2 Å². The number of rotatable bonds is 6. The molecule has 0 unspecified atom stereocenters. The number of piperidine rings is 1. The number of aromatic nitrogens is 1. The third-order valence-corrected chi connectivity index (χ3v) is 8.66. The second-order valence-corrected chi connectivity index (χ2v) is 10.9. The summed E-state index contributed by atoms with van der Waals surface area (Å²) in [6.07, 6.45) is 5.85. The Morgan fingerprint density at radius 1 is 1.26 bits per heavy atom. The lowest BCUT2D eigenvalue weighted by molar-refractivity contribution is -0.116. The van der Waals surface area contributed by atoms with Gasteiger partial charge in [-0.2, -0.15) is 0 Å². The van der Waals surface area contributed by atoms with E-state index in [9.17, 15) is 9.18 Å². The quantitative estimate of drug-likeness (QED) is 0.380. The van der Waals surface area contributed by atoms with Crippen molar-refractivity contribution >= 4 is 45.7 Å². The fourth-order valence-corrected chi connectivity index (χ4v) is 6.85. The molecule has 1 amide bonds. The van der Waals surface area contributed by atoms with E-state index in [1.807, 2.05) is 23.1 Å². The molecule has 1 saturated heterocycles. The molecular formula is C23H26FN3O2S2. The Balaban J connectivity index is 1.07. The minimum atomic E-state index is -0.286. The Labute approximate surface area is 189 Å². The number of anilines is 1. The van der Waals surface area contributed by atoms with Gasteiger partial charge in [-0.15, -0.1) is 23.1 Å². The monoisotopic (exact) mass is 459 g/mol. The van der Waals surface area contributed by atoms with E-state index in [-0.39, 0.29) is 11.7 Å². The summed E-state index contributed by atoms with van der Waals surface area (Å²) in [5.74, 6) is 1.33. The van der Waals surface area contributed by atoms with Gasteiger partial charge in [-0.05, 0) is 69.9 Å². The van der Waals surface area contributed by atoms with Crippen LogP contribution in [0.1, 0.15) is 48.6 Å². The van der Waals surface area contributed by atoms with Crippen molar-refractivity contribution in [2.75, 3.05) is 30.7 Å². The summed E-state index contributed by atoms with van der Waals surface area (Å²) in [5, 5.41) is 8.22. The first-order valence-corrected chi connectivity index (χ1v) is 12.8. The maximum absolute atomic E-state index is 13.4. The Morgan fingerprint density at radius 3 is 3.00 bits per heavy atom. The molecule has 0 bridgehead atoms. The van der Waals surface area contributed by atoms with Crippen molar-refractivity contribution in [3.63, 3.8) is 0 Å². The highest BCUT2D eigenvalue weighted by Crippen LogP contribution is 2.37. The second-order valence-electron chi connectivity index (χ2n) is 8.33. The van der Waals surface area contributed by atoms with Crippen LogP contribution >= 0.6 is 23.1 Å². The number of nitrogens with zero attached hydrogens (tertiary/aromatic N) is 2. The topological polar surface area (TPSA) is 58.4 Å². The van der Waals surface area contributed by atoms with E-state index in [0.717, 1.165) is 74.3 Å². The summed E-state index contributed by atoms with van der Waals surface area (Å²) in [7, 11) is 0. The molecule has 0 saturated carbocycles. The fraction of sp³-hybridized carbons (Fsp3) is 0.478. The molecule has 5 nitrogen and oxygen atoms in total. The van der Waals surface area contributed by atoms with Crippen molar-refractivity contribution in [1.82, 2.24) is 10.1 Å². The number of thiophene rings is 1. The number of benzene rings is 1. The second kappa shape index (κ2) is 9.30. The summed E-state index contributed by atoms with van der Waals surface area (Å²) >= 11 is 3.73. The smallest absolute Gasteiger partial charge is 0.224 e. The molecule has 3 aromatic rings. The zero-order chi connectivity index (χ0) is 21.2. The number of fused-ring (bicyclic) bond motifs is 2. The van der Waals surface area contributed by atoms with Crippen LogP contribution in [0.25, 0.3) is 11.0 Å². The molecule has 4 heterocycles. The minimum Gasteiger partial charge on any atom is -0.356 e. The van der Waals surface area contributed by atoms with E-state index in [2.05, 4.69) is 21.4 Å². The highest BCUT2D eigenvalue weighted by molar-refractivity contribution is 8.01. The number of nitrogens with one attached hydrogen (secondary N) is 1. The molecule has 31 heavy (non-hydrogen) atoms. The van der Waals surface area contributed by atoms with Crippen molar-refractivity contribution in [2.45, 2.75) is 48.7 Å². The average molecular weight is 460 g/mol. The van der Waals surface area contributed by atoms with Gasteiger partial charge < -0.3 is 14.7 Å². The molecule has 1 N–H and O–H groups in total. The predicted molar refractivity (Wildman–Crippen MR) is 124 cm³/mol. The van der Waals surface area contributed by atoms with Gasteiger partial charge in [0, 0.05) is 34.4 Å². The average Bonchev–Trinajstić information content (AvgIpc) is 3.30. The van der Waals surface area contributed by atoms with Crippen LogP contribution in [0.4, 0.5) is 10.1 Å². The maximum Gasteiger partial charge on any atom is 0.224 e. The van der Waals surface area contributed by atoms with E-state index in [1.54, 1.807) is 6.07 Å². The first kappa shape index (κ1) is 21.0. The number of hydrogen-bond donors (Lipinski definition) is 1. The van der Waals surface area contributed by atoms with Crippen molar-refractivity contribution < 1.29 is 13.7 Å². The SMILES string of the molecule is O=C1CCCc2sc(SCCCN3CCC(c4noc5cc(F)ccc45)CC3)cc2N1. The molecule has 5 rings (SSSR count). The van der Waals surface area contributed by atoms with Crippen molar-refractivity contribution in [3.8, 4) is 0 Å². The van der Waals surface area contributed by atoms with Crippen molar-refractivity contribution in [2.24, 2.45) is 0 Å². The van der Waals surface area contributed by atoms with Gasteiger partial charge in [0.15, 0.2) is 5.58 Å². The van der Waals surface area contributed by atoms with Crippen LogP contribution in [0.2, 0.25) is 0 Å². The summed E-state index contributed by atoms with van der Waals surface area (Å²) in [6, 6.07) is 6.83. The van der Waals surface area contributed by atoms with Gasteiger partial charge in [-0.3, -0.25) is 4.79 Å². The molecule has 2 aliphatic heterocycles. The van der Waals surface area contributed by atoms with Gasteiger partial charge in [-0.1, -0.05) is 5.16 Å². The Morgan fingerprint density at radius 2 is 2.13 bits per heavy atom. The van der Waals surface area contributed by atoms with Gasteiger partial charge in [-0.25, -0.2) is 4.39 Å². The van der Waals surface area contributed by atoms with Crippen molar-refractivity contribution in [1.29, 1.82) is 0 Å². The molecule has 0 spiro atoms. The normalized spacial score (nSPS) is 18.2. The van der Waals surface area contributed by atoms with Crippen LogP contribution in [0.3, 0.4) is 0 Å². The van der Waals surface area contributed by atoms with E-state index >= 15 is 0 Å². The number of aryl methyl sites for hydroxylation is 1. The predicted octanol–water partition coefficient (Wildman–Crippen LogP) is 5.67. The molecule has 2 aliphatic rings. The number of carbonyl (C=O) groups excluding carboxylic acids is 1. The van der Waals surface area contributed by atoms with E-state index in [1.165, 1.54) is 21.2 Å². The Bertz CT molecular complexity index is 1070. The highest BCUT2D eigenvalue weighted by Gasteiger charge is 2.25. The van der Waals surface area contributed by atoms with Crippen LogP contribution in [0.15, 0.2) is 33.0 Å². The number of hydrogen-bond acceptors (Lipinski definition) is 6. The molecule has 2 aromatic heterocycles. The summed E-state index contributed by atoms with van der Waals surface area (Å²) in [4.78, 5) is 15.6. The third-order valence-electron chi connectivity index (χ3n) is 6.17. The maximum atomic E-state index is 13.4. The number of amides is 1. The molecule has 1 fully saturated rings. The van der Waals surface area contributed by atoms with Crippen LogP contribution in [0, 0.1) is 5.82 Å². The van der Waals surface area contributed by atoms with Crippen molar-refractivity contribution in [3.05, 3.63) is 40.7 Å². The van der Waals surface area contributed by atoms with Gasteiger partial charge in [0.1, 0.15) is 5.82 Å². The molecule has 164 valence electrons. The first-order chi connectivity index (χ1) is 15.2. The van der Waals surface area contributed by atoms with Gasteiger partial charge in [0.05, 0.1) is 15.6 Å². The van der Waals surface area contributed by atoms with Gasteiger partial charge in [0.2, 0.25) is 5.91 Å². The summed E-state index contributed by atoms with van der Waals surface area (Å²) in [5.41, 5.74) is 2.55. The number of carbonyl (C=O) groups is 1. The zero-order valence-corrected chi connectivity index (χ0v) is 19.0. The van der Waals surface area contributed by atoms with Gasteiger partial charge >= 0.3 is 0 Å². The zero-order valence-electron chi connectivity index (χ0n) is 17.4. The third kappa shape index (κ3) is 4.81. The Hall–Kier alpha value is -1.90. The van der Waals surface area contributed by atoms with Crippen LogP contribution in [-0.4, -0.2) is 41.4 Å². The number of likely N-dealkylation sites (tertiary alicyclic amines) is 1. The highest BCUT2D eigenvalue weighted by atomic mass is 32.2. The molecule has 0 radical (unpaired) electrons.